The third kappa shape index (κ3) is 7.26. The Morgan fingerprint density at radius 2 is 2.00 bits per heavy atom. The molecule has 1 aromatic rings. The van der Waals surface area contributed by atoms with Crippen LogP contribution in [0.4, 0.5) is 20.6 Å². The zero-order valence-electron chi connectivity index (χ0n) is 16.5. The molecule has 0 aromatic heterocycles. The van der Waals surface area contributed by atoms with E-state index in [1.807, 2.05) is 0 Å². The van der Waals surface area contributed by atoms with Gasteiger partial charge >= 0.3 is 6.03 Å². The van der Waals surface area contributed by atoms with Gasteiger partial charge in [0, 0.05) is 44.9 Å². The second-order valence-corrected chi connectivity index (χ2v) is 7.25. The molecule has 2 saturated heterocycles. The molecule has 0 unspecified atom stereocenters. The van der Waals surface area contributed by atoms with Gasteiger partial charge in [-0.25, -0.2) is 9.18 Å². The Bertz CT molecular complexity index is 691. The number of hydrogen-bond acceptors (Lipinski definition) is 5. The van der Waals surface area contributed by atoms with E-state index in [1.54, 1.807) is 0 Å². The first kappa shape index (κ1) is 21.5. The van der Waals surface area contributed by atoms with Gasteiger partial charge in [0.15, 0.2) is 0 Å². The number of benzene rings is 1. The molecule has 2 aliphatic heterocycles. The summed E-state index contributed by atoms with van der Waals surface area (Å²) >= 11 is 0. The van der Waals surface area contributed by atoms with Gasteiger partial charge in [0.2, 0.25) is 5.91 Å². The third-order valence-corrected chi connectivity index (χ3v) is 5.03. The number of carbonyl (C=O) groups excluding carboxylic acids is 2. The molecule has 0 spiro atoms. The summed E-state index contributed by atoms with van der Waals surface area (Å²) in [7, 11) is 0. The van der Waals surface area contributed by atoms with Crippen molar-refractivity contribution in [2.45, 2.75) is 31.8 Å². The molecule has 3 N–H and O–H groups in total. The van der Waals surface area contributed by atoms with E-state index in [0.717, 1.165) is 39.0 Å². The molecule has 2 heterocycles. The number of nitrogens with one attached hydrogen (secondary N) is 3. The van der Waals surface area contributed by atoms with Crippen molar-refractivity contribution in [1.29, 1.82) is 0 Å². The first-order chi connectivity index (χ1) is 14.1. The highest BCUT2D eigenvalue weighted by Gasteiger charge is 2.16. The van der Waals surface area contributed by atoms with E-state index in [0.29, 0.717) is 32.0 Å². The van der Waals surface area contributed by atoms with Crippen molar-refractivity contribution in [3.05, 3.63) is 24.0 Å². The van der Waals surface area contributed by atoms with E-state index >= 15 is 0 Å². The van der Waals surface area contributed by atoms with Gasteiger partial charge in [-0.15, -0.1) is 0 Å². The van der Waals surface area contributed by atoms with Gasteiger partial charge in [-0.1, -0.05) is 0 Å². The van der Waals surface area contributed by atoms with Crippen LogP contribution in [0.15, 0.2) is 18.2 Å². The van der Waals surface area contributed by atoms with Crippen LogP contribution >= 0.6 is 0 Å². The maximum Gasteiger partial charge on any atom is 0.319 e. The molecule has 29 heavy (non-hydrogen) atoms. The Morgan fingerprint density at radius 3 is 2.76 bits per heavy atom. The zero-order chi connectivity index (χ0) is 20.5. The van der Waals surface area contributed by atoms with Crippen molar-refractivity contribution in [2.75, 3.05) is 56.6 Å². The van der Waals surface area contributed by atoms with Crippen molar-refractivity contribution in [1.82, 2.24) is 10.2 Å². The first-order valence-corrected chi connectivity index (χ1v) is 10.2. The lowest BCUT2D eigenvalue weighted by molar-refractivity contribution is -0.116. The van der Waals surface area contributed by atoms with Crippen molar-refractivity contribution in [2.24, 2.45) is 0 Å². The fraction of sp³-hybridized carbons (Fsp3) is 0.600. The van der Waals surface area contributed by atoms with Crippen LogP contribution in [0.2, 0.25) is 0 Å². The molecule has 0 aliphatic carbocycles. The number of anilines is 2. The highest BCUT2D eigenvalue weighted by molar-refractivity contribution is 5.93. The molecule has 0 bridgehead atoms. The van der Waals surface area contributed by atoms with Crippen molar-refractivity contribution < 1.29 is 23.5 Å². The third-order valence-electron chi connectivity index (χ3n) is 5.03. The van der Waals surface area contributed by atoms with Gasteiger partial charge < -0.3 is 25.4 Å². The van der Waals surface area contributed by atoms with E-state index in [1.165, 1.54) is 18.2 Å². The molecule has 9 heteroatoms. The summed E-state index contributed by atoms with van der Waals surface area (Å²) < 4.78 is 24.8. The minimum atomic E-state index is -0.547. The minimum Gasteiger partial charge on any atom is -0.379 e. The summed E-state index contributed by atoms with van der Waals surface area (Å²) in [5, 5.41) is 8.01. The Kier molecular flexibility index (Phi) is 8.21. The number of urea groups is 1. The Balaban J connectivity index is 1.42. The Morgan fingerprint density at radius 1 is 1.17 bits per heavy atom. The van der Waals surface area contributed by atoms with Gasteiger partial charge in [0.25, 0.3) is 0 Å². The fourth-order valence-electron chi connectivity index (χ4n) is 3.39. The van der Waals surface area contributed by atoms with Gasteiger partial charge in [-0.2, -0.15) is 0 Å². The predicted octanol–water partition coefficient (Wildman–Crippen LogP) is 2.18. The molecule has 160 valence electrons. The summed E-state index contributed by atoms with van der Waals surface area (Å²) in [5.41, 5.74) is 0.457. The number of rotatable bonds is 8. The summed E-state index contributed by atoms with van der Waals surface area (Å²) in [6.07, 6.45) is 3.33. The van der Waals surface area contributed by atoms with E-state index in [-0.39, 0.29) is 30.2 Å². The number of hydrogen-bond donors (Lipinski definition) is 3. The highest BCUT2D eigenvalue weighted by Crippen LogP contribution is 2.20. The summed E-state index contributed by atoms with van der Waals surface area (Å²) in [6, 6.07) is 3.72. The molecule has 3 amide bonds. The molecule has 0 saturated carbocycles. The molecule has 8 nitrogen and oxygen atoms in total. The lowest BCUT2D eigenvalue weighted by Gasteiger charge is -2.26. The lowest BCUT2D eigenvalue weighted by Crippen LogP contribution is -2.38. The Hall–Kier alpha value is -2.23. The van der Waals surface area contributed by atoms with Gasteiger partial charge in [-0.05, 0) is 37.5 Å². The fourth-order valence-corrected chi connectivity index (χ4v) is 3.39. The predicted molar refractivity (Wildman–Crippen MR) is 108 cm³/mol. The monoisotopic (exact) mass is 408 g/mol. The summed E-state index contributed by atoms with van der Waals surface area (Å²) in [5.74, 6) is -0.817. The number of nitrogens with zero attached hydrogens (tertiary/aromatic N) is 1. The molecular weight excluding hydrogens is 379 g/mol. The molecule has 2 fully saturated rings. The van der Waals surface area contributed by atoms with Crippen molar-refractivity contribution in [3.63, 3.8) is 0 Å². The number of morpholine rings is 1. The highest BCUT2D eigenvalue weighted by atomic mass is 19.1. The quantitative estimate of drug-likeness (QED) is 0.613. The van der Waals surface area contributed by atoms with E-state index in [2.05, 4.69) is 20.9 Å². The minimum absolute atomic E-state index is 0.0501. The number of halogens is 1. The van der Waals surface area contributed by atoms with Crippen LogP contribution in [-0.4, -0.2) is 68.9 Å². The average Bonchev–Trinajstić information content (AvgIpc) is 3.23. The van der Waals surface area contributed by atoms with Crippen LogP contribution in [0.1, 0.15) is 25.7 Å². The standard InChI is InChI=1S/C20H29FN4O4/c21-17-4-3-15(23-20(27)22-7-5-16-2-1-11-29-16)14-18(17)24-19(26)6-8-25-9-12-28-13-10-25/h3-4,14,16H,1-2,5-13H2,(H,24,26)(H2,22,23,27)/t16-/m0/s1. The van der Waals surface area contributed by atoms with Crippen LogP contribution in [0, 0.1) is 5.82 Å². The van der Waals surface area contributed by atoms with E-state index < -0.39 is 5.82 Å². The number of ether oxygens (including phenoxy) is 2. The maximum absolute atomic E-state index is 14.1. The molecule has 0 radical (unpaired) electrons. The van der Waals surface area contributed by atoms with Crippen LogP contribution in [-0.2, 0) is 14.3 Å². The van der Waals surface area contributed by atoms with Crippen LogP contribution in [0.25, 0.3) is 0 Å². The van der Waals surface area contributed by atoms with Crippen LogP contribution in [0.3, 0.4) is 0 Å². The summed E-state index contributed by atoms with van der Waals surface area (Å²) in [6.45, 7) is 4.81. The normalized spacial score (nSPS) is 19.7. The smallest absolute Gasteiger partial charge is 0.319 e. The second kappa shape index (κ2) is 11.1. The van der Waals surface area contributed by atoms with Gasteiger partial charge in [0.05, 0.1) is 25.0 Å². The topological polar surface area (TPSA) is 91.9 Å². The van der Waals surface area contributed by atoms with Gasteiger partial charge in [-0.3, -0.25) is 9.69 Å². The molecule has 1 atom stereocenters. The Labute approximate surface area is 170 Å². The van der Waals surface area contributed by atoms with E-state index in [9.17, 15) is 14.0 Å². The summed E-state index contributed by atoms with van der Waals surface area (Å²) in [4.78, 5) is 26.3. The van der Waals surface area contributed by atoms with Crippen LogP contribution < -0.4 is 16.0 Å². The number of amides is 3. The zero-order valence-corrected chi connectivity index (χ0v) is 16.5. The van der Waals surface area contributed by atoms with Crippen molar-refractivity contribution >= 4 is 23.3 Å². The molecule has 3 rings (SSSR count). The number of carbonyl (C=O) groups is 2. The molecular formula is C20H29FN4O4. The molecule has 2 aliphatic rings. The lowest BCUT2D eigenvalue weighted by atomic mass is 10.2. The SMILES string of the molecule is O=C(CCN1CCOCC1)Nc1cc(NC(=O)NCC[C@@H]2CCCO2)ccc1F. The van der Waals surface area contributed by atoms with Gasteiger partial charge in [0.1, 0.15) is 5.82 Å². The van der Waals surface area contributed by atoms with E-state index in [4.69, 9.17) is 9.47 Å². The molecule has 1 aromatic carbocycles. The average molecular weight is 408 g/mol. The van der Waals surface area contributed by atoms with Crippen LogP contribution in [0.5, 0.6) is 0 Å². The largest absolute Gasteiger partial charge is 0.379 e. The maximum atomic E-state index is 14.1. The first-order valence-electron chi connectivity index (χ1n) is 10.2. The second-order valence-electron chi connectivity index (χ2n) is 7.25. The van der Waals surface area contributed by atoms with Crippen molar-refractivity contribution in [3.8, 4) is 0 Å².